The summed E-state index contributed by atoms with van der Waals surface area (Å²) in [6.07, 6.45) is 3.68. The first-order chi connectivity index (χ1) is 12.1. The molecule has 0 aromatic carbocycles. The summed E-state index contributed by atoms with van der Waals surface area (Å²) in [6.45, 7) is 14.8. The molecule has 0 aromatic rings. The average molecular weight is 356 g/mol. The van der Waals surface area contributed by atoms with Gasteiger partial charge >= 0.3 is 0 Å². The molecule has 0 amide bonds. The lowest BCUT2D eigenvalue weighted by Gasteiger charge is -2.34. The molecule has 2 N–H and O–H groups in total. The Bertz CT molecular complexity index is 362. The highest BCUT2D eigenvalue weighted by atomic mass is 16.5. The van der Waals surface area contributed by atoms with E-state index in [9.17, 15) is 0 Å². The van der Waals surface area contributed by atoms with Crippen LogP contribution >= 0.6 is 0 Å². The molecule has 0 aromatic heterocycles. The molecule has 0 radical (unpaired) electrons. The van der Waals surface area contributed by atoms with E-state index in [1.807, 2.05) is 0 Å². The van der Waals surface area contributed by atoms with Crippen LogP contribution in [0.3, 0.4) is 0 Å². The Labute approximate surface area is 155 Å². The Morgan fingerprint density at radius 1 is 1.32 bits per heavy atom. The van der Waals surface area contributed by atoms with Gasteiger partial charge in [-0.05, 0) is 59.5 Å². The van der Waals surface area contributed by atoms with Crippen LogP contribution in [0.15, 0.2) is 4.99 Å². The van der Waals surface area contributed by atoms with Crippen LogP contribution in [-0.2, 0) is 4.74 Å². The maximum atomic E-state index is 5.10. The van der Waals surface area contributed by atoms with E-state index in [0.29, 0.717) is 12.0 Å². The average Bonchev–Trinajstić information content (AvgIpc) is 2.60. The van der Waals surface area contributed by atoms with Crippen molar-refractivity contribution < 1.29 is 4.74 Å². The van der Waals surface area contributed by atoms with Crippen molar-refractivity contribution in [1.82, 2.24) is 20.4 Å². The summed E-state index contributed by atoms with van der Waals surface area (Å²) in [5.74, 6) is 1.64. The highest BCUT2D eigenvalue weighted by Gasteiger charge is 2.21. The minimum atomic E-state index is 0.645. The van der Waals surface area contributed by atoms with E-state index in [-0.39, 0.29) is 0 Å². The van der Waals surface area contributed by atoms with Gasteiger partial charge in [-0.25, -0.2) is 0 Å². The summed E-state index contributed by atoms with van der Waals surface area (Å²) in [4.78, 5) is 9.75. The van der Waals surface area contributed by atoms with Crippen LogP contribution in [0, 0.1) is 5.92 Å². The van der Waals surface area contributed by atoms with Crippen LogP contribution in [0.2, 0.25) is 0 Å². The van der Waals surface area contributed by atoms with Crippen molar-refractivity contribution in [2.75, 3.05) is 66.6 Å². The lowest BCUT2D eigenvalue weighted by Crippen LogP contribution is -2.43. The van der Waals surface area contributed by atoms with Gasteiger partial charge in [0.05, 0.1) is 0 Å². The Kier molecular flexibility index (Phi) is 11.9. The number of nitrogens with zero attached hydrogens (tertiary/aromatic N) is 3. The second kappa shape index (κ2) is 13.4. The summed E-state index contributed by atoms with van der Waals surface area (Å²) < 4.78 is 5.10. The Hall–Kier alpha value is -0.850. The van der Waals surface area contributed by atoms with E-state index in [1.54, 1.807) is 7.11 Å². The molecule has 0 aliphatic carbocycles. The first kappa shape index (κ1) is 22.2. The number of rotatable bonds is 11. The Balaban J connectivity index is 2.33. The third-order valence-electron chi connectivity index (χ3n) is 4.81. The van der Waals surface area contributed by atoms with Gasteiger partial charge in [0.15, 0.2) is 5.96 Å². The van der Waals surface area contributed by atoms with E-state index < -0.39 is 0 Å². The van der Waals surface area contributed by atoms with Gasteiger partial charge in [0.1, 0.15) is 0 Å². The van der Waals surface area contributed by atoms with Crippen LogP contribution in [-0.4, -0.2) is 88.4 Å². The van der Waals surface area contributed by atoms with Crippen molar-refractivity contribution in [3.05, 3.63) is 0 Å². The van der Waals surface area contributed by atoms with Crippen molar-refractivity contribution in [2.24, 2.45) is 10.9 Å². The number of nitrogens with one attached hydrogen (secondary N) is 2. The first-order valence-electron chi connectivity index (χ1n) is 10.0. The number of likely N-dealkylation sites (N-methyl/N-ethyl adjacent to an activating group) is 1. The Morgan fingerprint density at radius 3 is 2.80 bits per heavy atom. The normalized spacial score (nSPS) is 19.6. The molecule has 1 unspecified atom stereocenters. The van der Waals surface area contributed by atoms with Crippen molar-refractivity contribution in [2.45, 2.75) is 46.1 Å². The highest BCUT2D eigenvalue weighted by molar-refractivity contribution is 5.79. The number of guanidine groups is 1. The fourth-order valence-electron chi connectivity index (χ4n) is 3.23. The molecule has 0 bridgehead atoms. The van der Waals surface area contributed by atoms with Crippen molar-refractivity contribution in [3.8, 4) is 0 Å². The molecule has 1 heterocycles. The number of hydrogen-bond donors (Lipinski definition) is 2. The zero-order valence-corrected chi connectivity index (χ0v) is 17.2. The van der Waals surface area contributed by atoms with Crippen molar-refractivity contribution >= 4 is 5.96 Å². The van der Waals surface area contributed by atoms with E-state index in [4.69, 9.17) is 9.73 Å². The number of methoxy groups -OCH3 is 1. The first-order valence-corrected chi connectivity index (χ1v) is 10.0. The second-order valence-electron chi connectivity index (χ2n) is 7.39. The molecule has 1 atom stereocenters. The van der Waals surface area contributed by atoms with E-state index in [1.165, 1.54) is 25.9 Å². The van der Waals surface area contributed by atoms with E-state index >= 15 is 0 Å². The predicted octanol–water partition coefficient (Wildman–Crippen LogP) is 1.63. The minimum absolute atomic E-state index is 0.645. The highest BCUT2D eigenvalue weighted by Crippen LogP contribution is 2.18. The van der Waals surface area contributed by atoms with Gasteiger partial charge in [0, 0.05) is 59.0 Å². The smallest absolute Gasteiger partial charge is 0.191 e. The Morgan fingerprint density at radius 2 is 2.12 bits per heavy atom. The molecule has 0 saturated carbocycles. The SMILES string of the molecule is CCNC(=NCC1CCCN(C(C)C)C1)NCCN(C)CCCOC. The second-order valence-corrected chi connectivity index (χ2v) is 7.39. The fraction of sp³-hybridized carbons (Fsp3) is 0.947. The van der Waals surface area contributed by atoms with Gasteiger partial charge in [0.2, 0.25) is 0 Å². The largest absolute Gasteiger partial charge is 0.385 e. The molecule has 0 spiro atoms. The molecule has 1 rings (SSSR count). The summed E-state index contributed by atoms with van der Waals surface area (Å²) >= 11 is 0. The van der Waals surface area contributed by atoms with Crippen LogP contribution in [0.1, 0.15) is 40.0 Å². The lowest BCUT2D eigenvalue weighted by atomic mass is 9.97. The van der Waals surface area contributed by atoms with Crippen molar-refractivity contribution in [1.29, 1.82) is 0 Å². The van der Waals surface area contributed by atoms with Crippen LogP contribution < -0.4 is 10.6 Å². The maximum absolute atomic E-state index is 5.10. The summed E-state index contributed by atoms with van der Waals surface area (Å²) in [6, 6.07) is 0.645. The lowest BCUT2D eigenvalue weighted by molar-refractivity contribution is 0.143. The number of hydrogen-bond acceptors (Lipinski definition) is 4. The number of likely N-dealkylation sites (tertiary alicyclic amines) is 1. The van der Waals surface area contributed by atoms with Crippen LogP contribution in [0.25, 0.3) is 0 Å². The molecule has 1 aliphatic rings. The van der Waals surface area contributed by atoms with Crippen LogP contribution in [0.5, 0.6) is 0 Å². The number of piperidine rings is 1. The summed E-state index contributed by atoms with van der Waals surface area (Å²) in [5.41, 5.74) is 0. The van der Waals surface area contributed by atoms with Gasteiger partial charge in [-0.3, -0.25) is 4.99 Å². The third kappa shape index (κ3) is 10.0. The van der Waals surface area contributed by atoms with Gasteiger partial charge in [-0.2, -0.15) is 0 Å². The van der Waals surface area contributed by atoms with Crippen molar-refractivity contribution in [3.63, 3.8) is 0 Å². The molecule has 6 nitrogen and oxygen atoms in total. The topological polar surface area (TPSA) is 52.1 Å². The summed E-state index contributed by atoms with van der Waals surface area (Å²) in [7, 11) is 3.91. The van der Waals surface area contributed by atoms with E-state index in [2.05, 4.69) is 48.3 Å². The van der Waals surface area contributed by atoms with Crippen LogP contribution in [0.4, 0.5) is 0 Å². The van der Waals surface area contributed by atoms with Gasteiger partial charge in [-0.1, -0.05) is 0 Å². The molecular formula is C19H41N5O. The molecule has 25 heavy (non-hydrogen) atoms. The standard InChI is InChI=1S/C19H41N5O/c1-6-20-19(21-10-13-23(4)11-8-14-25-5)22-15-18-9-7-12-24(16-18)17(2)3/h17-18H,6-16H2,1-5H3,(H2,20,21,22). The molecule has 6 heteroatoms. The quantitative estimate of drug-likeness (QED) is 0.335. The van der Waals surface area contributed by atoms with E-state index in [0.717, 1.165) is 51.7 Å². The minimum Gasteiger partial charge on any atom is -0.385 e. The molecule has 1 aliphatic heterocycles. The summed E-state index contributed by atoms with van der Waals surface area (Å²) in [5, 5.41) is 6.84. The molecule has 148 valence electrons. The zero-order valence-electron chi connectivity index (χ0n) is 17.2. The monoisotopic (exact) mass is 355 g/mol. The molecule has 1 fully saturated rings. The third-order valence-corrected chi connectivity index (χ3v) is 4.81. The number of ether oxygens (including phenoxy) is 1. The predicted molar refractivity (Wildman–Crippen MR) is 107 cm³/mol. The molecular weight excluding hydrogens is 314 g/mol. The maximum Gasteiger partial charge on any atom is 0.191 e. The van der Waals surface area contributed by atoms with Gasteiger partial charge in [-0.15, -0.1) is 0 Å². The fourth-order valence-corrected chi connectivity index (χ4v) is 3.23. The van der Waals surface area contributed by atoms with Gasteiger partial charge < -0.3 is 25.2 Å². The number of aliphatic imine (C=N–C) groups is 1. The van der Waals surface area contributed by atoms with Gasteiger partial charge in [0.25, 0.3) is 0 Å². The molecule has 1 saturated heterocycles. The zero-order chi connectivity index (χ0) is 18.5.